The van der Waals surface area contributed by atoms with Gasteiger partial charge >= 0.3 is 5.97 Å². The van der Waals surface area contributed by atoms with E-state index >= 15 is 0 Å². The van der Waals surface area contributed by atoms with E-state index in [1.807, 2.05) is 67.6 Å². The quantitative estimate of drug-likeness (QED) is 0.602. The van der Waals surface area contributed by atoms with Crippen LogP contribution in [-0.2, 0) is 16.0 Å². The SMILES string of the molecule is COC(=O)C(Cc1ccccc1)NC(=O)c1nn(C(C)c2ccccc2)cc1N. The van der Waals surface area contributed by atoms with Crippen molar-refractivity contribution in [3.05, 3.63) is 83.7 Å². The van der Waals surface area contributed by atoms with Crippen molar-refractivity contribution in [2.24, 2.45) is 0 Å². The first kappa shape index (κ1) is 20.1. The number of nitrogens with two attached hydrogens (primary N) is 1. The largest absolute Gasteiger partial charge is 0.467 e. The van der Waals surface area contributed by atoms with Gasteiger partial charge in [0.2, 0.25) is 0 Å². The molecule has 2 aromatic carbocycles. The van der Waals surface area contributed by atoms with Crippen molar-refractivity contribution in [3.63, 3.8) is 0 Å². The van der Waals surface area contributed by atoms with E-state index in [0.717, 1.165) is 11.1 Å². The molecular formula is C22H24N4O3. The number of carbonyl (C=O) groups excluding carboxylic acids is 2. The number of amides is 1. The second-order valence-electron chi connectivity index (χ2n) is 6.74. The second-order valence-corrected chi connectivity index (χ2v) is 6.74. The first-order valence-corrected chi connectivity index (χ1v) is 9.31. The number of nitrogens with zero attached hydrogens (tertiary/aromatic N) is 2. The zero-order chi connectivity index (χ0) is 20.8. The first-order valence-electron chi connectivity index (χ1n) is 9.31. The van der Waals surface area contributed by atoms with Crippen LogP contribution in [0.25, 0.3) is 0 Å². The fraction of sp³-hybridized carbons (Fsp3) is 0.227. The van der Waals surface area contributed by atoms with Crippen molar-refractivity contribution in [2.45, 2.75) is 25.4 Å². The molecule has 2 unspecified atom stereocenters. The first-order chi connectivity index (χ1) is 14.0. The molecule has 2 atom stereocenters. The maximum absolute atomic E-state index is 12.8. The van der Waals surface area contributed by atoms with Gasteiger partial charge in [0.15, 0.2) is 5.69 Å². The van der Waals surface area contributed by atoms with Crippen LogP contribution in [0.5, 0.6) is 0 Å². The molecule has 150 valence electrons. The predicted octanol–water partition coefficient (Wildman–Crippen LogP) is 2.59. The zero-order valence-corrected chi connectivity index (χ0v) is 16.4. The van der Waals surface area contributed by atoms with E-state index in [9.17, 15) is 9.59 Å². The molecule has 0 spiro atoms. The molecule has 1 aromatic heterocycles. The lowest BCUT2D eigenvalue weighted by Crippen LogP contribution is -2.43. The summed E-state index contributed by atoms with van der Waals surface area (Å²) in [5.41, 5.74) is 8.30. The average Bonchev–Trinajstić information content (AvgIpc) is 3.15. The van der Waals surface area contributed by atoms with Crippen LogP contribution in [-0.4, -0.2) is 34.8 Å². The number of hydrogen-bond donors (Lipinski definition) is 2. The summed E-state index contributed by atoms with van der Waals surface area (Å²) in [7, 11) is 1.29. The van der Waals surface area contributed by atoms with Crippen LogP contribution in [0, 0.1) is 0 Å². The Morgan fingerprint density at radius 3 is 2.34 bits per heavy atom. The number of methoxy groups -OCH3 is 1. The van der Waals surface area contributed by atoms with Gasteiger partial charge in [0, 0.05) is 12.6 Å². The average molecular weight is 392 g/mol. The Balaban J connectivity index is 1.78. The van der Waals surface area contributed by atoms with E-state index in [-0.39, 0.29) is 17.4 Å². The van der Waals surface area contributed by atoms with Crippen molar-refractivity contribution in [2.75, 3.05) is 12.8 Å². The maximum Gasteiger partial charge on any atom is 0.328 e. The maximum atomic E-state index is 12.8. The molecule has 3 aromatic rings. The fourth-order valence-electron chi connectivity index (χ4n) is 3.08. The number of carbonyl (C=O) groups is 2. The third kappa shape index (κ3) is 4.82. The number of anilines is 1. The molecule has 3 N–H and O–H groups in total. The summed E-state index contributed by atoms with van der Waals surface area (Å²) in [6.07, 6.45) is 1.93. The van der Waals surface area contributed by atoms with Crippen molar-refractivity contribution in [1.29, 1.82) is 0 Å². The monoisotopic (exact) mass is 392 g/mol. The smallest absolute Gasteiger partial charge is 0.328 e. The number of hydrogen-bond acceptors (Lipinski definition) is 5. The Morgan fingerprint density at radius 2 is 1.72 bits per heavy atom. The minimum Gasteiger partial charge on any atom is -0.467 e. The molecule has 0 aliphatic heterocycles. The normalized spacial score (nSPS) is 12.8. The lowest BCUT2D eigenvalue weighted by atomic mass is 10.1. The number of nitrogen functional groups attached to an aromatic ring is 1. The molecule has 0 fully saturated rings. The van der Waals surface area contributed by atoms with Gasteiger partial charge in [-0.2, -0.15) is 5.10 Å². The third-order valence-corrected chi connectivity index (χ3v) is 4.73. The Kier molecular flexibility index (Phi) is 6.29. The fourth-order valence-corrected chi connectivity index (χ4v) is 3.08. The van der Waals surface area contributed by atoms with Crippen LogP contribution in [0.2, 0.25) is 0 Å². The molecule has 29 heavy (non-hydrogen) atoms. The van der Waals surface area contributed by atoms with Crippen LogP contribution >= 0.6 is 0 Å². The van der Waals surface area contributed by atoms with Gasteiger partial charge in [-0.1, -0.05) is 60.7 Å². The van der Waals surface area contributed by atoms with Crippen LogP contribution < -0.4 is 11.1 Å². The Morgan fingerprint density at radius 1 is 1.10 bits per heavy atom. The van der Waals surface area contributed by atoms with E-state index in [0.29, 0.717) is 6.42 Å². The minimum absolute atomic E-state index is 0.0785. The van der Waals surface area contributed by atoms with E-state index in [1.165, 1.54) is 7.11 Å². The van der Waals surface area contributed by atoms with E-state index < -0.39 is 17.9 Å². The van der Waals surface area contributed by atoms with Crippen LogP contribution in [0.1, 0.15) is 34.6 Å². The molecular weight excluding hydrogens is 368 g/mol. The molecule has 1 heterocycles. The summed E-state index contributed by atoms with van der Waals surface area (Å²) in [6, 6.07) is 18.2. The van der Waals surface area contributed by atoms with Gasteiger partial charge in [-0.15, -0.1) is 0 Å². The molecule has 7 heteroatoms. The van der Waals surface area contributed by atoms with Crippen molar-refractivity contribution < 1.29 is 14.3 Å². The molecule has 3 rings (SSSR count). The van der Waals surface area contributed by atoms with Crippen LogP contribution in [0.4, 0.5) is 5.69 Å². The molecule has 0 aliphatic carbocycles. The highest BCUT2D eigenvalue weighted by atomic mass is 16.5. The summed E-state index contributed by atoms with van der Waals surface area (Å²) < 4.78 is 6.49. The van der Waals surface area contributed by atoms with E-state index in [2.05, 4.69) is 10.4 Å². The lowest BCUT2D eigenvalue weighted by molar-refractivity contribution is -0.142. The number of benzene rings is 2. The van der Waals surface area contributed by atoms with Gasteiger partial charge in [-0.25, -0.2) is 4.79 Å². The van der Waals surface area contributed by atoms with Crippen molar-refractivity contribution in [1.82, 2.24) is 15.1 Å². The van der Waals surface area contributed by atoms with Gasteiger partial charge in [0.25, 0.3) is 5.91 Å². The molecule has 0 bridgehead atoms. The summed E-state index contributed by atoms with van der Waals surface area (Å²) in [5, 5.41) is 7.05. The zero-order valence-electron chi connectivity index (χ0n) is 16.4. The highest BCUT2D eigenvalue weighted by molar-refractivity contribution is 5.99. The van der Waals surface area contributed by atoms with Crippen LogP contribution in [0.15, 0.2) is 66.9 Å². The molecule has 1 amide bonds. The van der Waals surface area contributed by atoms with E-state index in [1.54, 1.807) is 10.9 Å². The summed E-state index contributed by atoms with van der Waals surface area (Å²) in [6.45, 7) is 1.97. The van der Waals surface area contributed by atoms with Gasteiger partial charge < -0.3 is 15.8 Å². The molecule has 7 nitrogen and oxygen atoms in total. The number of nitrogens with one attached hydrogen (secondary N) is 1. The lowest BCUT2D eigenvalue weighted by Gasteiger charge is -2.16. The molecule has 0 radical (unpaired) electrons. The number of ether oxygens (including phenoxy) is 1. The van der Waals surface area contributed by atoms with Crippen molar-refractivity contribution >= 4 is 17.6 Å². The Labute approximate surface area is 169 Å². The summed E-state index contributed by atoms with van der Waals surface area (Å²) in [5.74, 6) is -1.05. The molecule has 0 saturated heterocycles. The Hall–Kier alpha value is -3.61. The number of esters is 1. The van der Waals surface area contributed by atoms with Gasteiger partial charge in [-0.05, 0) is 18.1 Å². The highest BCUT2D eigenvalue weighted by Crippen LogP contribution is 2.20. The van der Waals surface area contributed by atoms with Crippen molar-refractivity contribution in [3.8, 4) is 0 Å². The number of rotatable bonds is 7. The minimum atomic E-state index is -0.842. The molecule has 0 saturated carbocycles. The number of aromatic nitrogens is 2. The predicted molar refractivity (Wildman–Crippen MR) is 110 cm³/mol. The van der Waals surface area contributed by atoms with Gasteiger partial charge in [-0.3, -0.25) is 9.48 Å². The van der Waals surface area contributed by atoms with E-state index in [4.69, 9.17) is 10.5 Å². The summed E-state index contributed by atoms with van der Waals surface area (Å²) >= 11 is 0. The van der Waals surface area contributed by atoms with Gasteiger partial charge in [0.1, 0.15) is 6.04 Å². The topological polar surface area (TPSA) is 99.2 Å². The second kappa shape index (κ2) is 9.05. The molecule has 0 aliphatic rings. The standard InChI is InChI=1S/C22H24N4O3/c1-15(17-11-7-4-8-12-17)26-14-18(23)20(25-26)21(27)24-19(22(28)29-2)13-16-9-5-3-6-10-16/h3-12,14-15,19H,13,23H2,1-2H3,(H,24,27). The highest BCUT2D eigenvalue weighted by Gasteiger charge is 2.25. The summed E-state index contributed by atoms with van der Waals surface area (Å²) in [4.78, 5) is 25.0. The van der Waals surface area contributed by atoms with Crippen LogP contribution in [0.3, 0.4) is 0 Å². The van der Waals surface area contributed by atoms with Gasteiger partial charge in [0.05, 0.1) is 18.8 Å². The third-order valence-electron chi connectivity index (χ3n) is 4.73. The Bertz CT molecular complexity index is 970.